The van der Waals surface area contributed by atoms with Gasteiger partial charge in [-0.1, -0.05) is 19.0 Å². The van der Waals surface area contributed by atoms with Gasteiger partial charge in [0.1, 0.15) is 5.76 Å². The zero-order chi connectivity index (χ0) is 17.9. The molecule has 0 spiro atoms. The van der Waals surface area contributed by atoms with Gasteiger partial charge in [0.25, 0.3) is 0 Å². The molecule has 146 valence electrons. The lowest BCUT2D eigenvalue weighted by Crippen LogP contribution is -2.38. The average Bonchev–Trinajstić information content (AvgIpc) is 2.83. The van der Waals surface area contributed by atoms with Crippen LogP contribution in [0.15, 0.2) is 9.52 Å². The second-order valence-electron chi connectivity index (χ2n) is 6.71. The number of rotatable bonds is 10. The summed E-state index contributed by atoms with van der Waals surface area (Å²) in [6.45, 7) is 13.0. The van der Waals surface area contributed by atoms with E-state index in [0.29, 0.717) is 11.8 Å². The third kappa shape index (κ3) is 9.44. The molecule has 1 aromatic heterocycles. The summed E-state index contributed by atoms with van der Waals surface area (Å²) in [5.41, 5.74) is 2.12. The van der Waals surface area contributed by atoms with Crippen molar-refractivity contribution in [3.8, 4) is 0 Å². The van der Waals surface area contributed by atoms with Gasteiger partial charge in [-0.3, -0.25) is 4.99 Å². The van der Waals surface area contributed by atoms with Crippen LogP contribution >= 0.6 is 24.0 Å². The smallest absolute Gasteiger partial charge is 0.191 e. The highest BCUT2D eigenvalue weighted by atomic mass is 127. The molecule has 0 aliphatic carbocycles. The third-order valence-corrected chi connectivity index (χ3v) is 4.04. The van der Waals surface area contributed by atoms with Crippen LogP contribution in [0, 0.1) is 25.7 Å². The monoisotopic (exact) mass is 466 g/mol. The predicted molar refractivity (Wildman–Crippen MR) is 114 cm³/mol. The van der Waals surface area contributed by atoms with Gasteiger partial charge in [-0.2, -0.15) is 0 Å². The first kappa shape index (κ1) is 24.2. The van der Waals surface area contributed by atoms with Crippen molar-refractivity contribution < 1.29 is 9.63 Å². The standard InChI is InChI=1S/C18H34N4O2.HI/c1-6-19-18(21-12-16(8-10-23)11-13(2)3)20-9-7-17-14(4)22-24-15(17)5;/h13,16,23H,6-12H2,1-5H3,(H2,19,20,21);1H. The van der Waals surface area contributed by atoms with Crippen molar-refractivity contribution in [3.05, 3.63) is 17.0 Å². The van der Waals surface area contributed by atoms with Crippen LogP contribution in [0.5, 0.6) is 0 Å². The number of hydrogen-bond acceptors (Lipinski definition) is 4. The highest BCUT2D eigenvalue weighted by molar-refractivity contribution is 14.0. The van der Waals surface area contributed by atoms with Gasteiger partial charge in [-0.25, -0.2) is 0 Å². The van der Waals surface area contributed by atoms with Gasteiger partial charge in [0.05, 0.1) is 5.69 Å². The van der Waals surface area contributed by atoms with Crippen LogP contribution in [0.3, 0.4) is 0 Å². The fourth-order valence-corrected chi connectivity index (χ4v) is 2.86. The maximum Gasteiger partial charge on any atom is 0.191 e. The fourth-order valence-electron chi connectivity index (χ4n) is 2.86. The molecule has 0 aliphatic heterocycles. The number of guanidine groups is 1. The highest BCUT2D eigenvalue weighted by Gasteiger charge is 2.11. The first-order valence-electron chi connectivity index (χ1n) is 9.02. The zero-order valence-electron chi connectivity index (χ0n) is 16.3. The van der Waals surface area contributed by atoms with E-state index in [9.17, 15) is 5.11 Å². The van der Waals surface area contributed by atoms with E-state index in [1.807, 2.05) is 13.8 Å². The van der Waals surface area contributed by atoms with Crippen molar-refractivity contribution >= 4 is 29.9 Å². The Morgan fingerprint density at radius 1 is 1.28 bits per heavy atom. The Morgan fingerprint density at radius 3 is 2.52 bits per heavy atom. The Bertz CT molecular complexity index is 484. The largest absolute Gasteiger partial charge is 0.396 e. The Kier molecular flexibility index (Phi) is 12.9. The fraction of sp³-hybridized carbons (Fsp3) is 0.778. The number of aromatic nitrogens is 1. The van der Waals surface area contributed by atoms with Crippen molar-refractivity contribution in [2.24, 2.45) is 16.8 Å². The second-order valence-corrected chi connectivity index (χ2v) is 6.71. The van der Waals surface area contributed by atoms with Crippen LogP contribution in [0.25, 0.3) is 0 Å². The van der Waals surface area contributed by atoms with Crippen LogP contribution in [-0.2, 0) is 6.42 Å². The molecular formula is C18H35IN4O2. The lowest BCUT2D eigenvalue weighted by molar-refractivity contribution is 0.245. The summed E-state index contributed by atoms with van der Waals surface area (Å²) >= 11 is 0. The van der Waals surface area contributed by atoms with Gasteiger partial charge in [0.15, 0.2) is 5.96 Å². The Labute approximate surface area is 169 Å². The summed E-state index contributed by atoms with van der Waals surface area (Å²) in [4.78, 5) is 4.69. The molecule has 1 rings (SSSR count). The first-order chi connectivity index (χ1) is 11.5. The molecule has 0 aromatic carbocycles. The zero-order valence-corrected chi connectivity index (χ0v) is 18.6. The van der Waals surface area contributed by atoms with E-state index in [-0.39, 0.29) is 30.6 Å². The minimum absolute atomic E-state index is 0. The lowest BCUT2D eigenvalue weighted by Gasteiger charge is -2.17. The van der Waals surface area contributed by atoms with Crippen molar-refractivity contribution in [1.82, 2.24) is 15.8 Å². The SMILES string of the molecule is CCNC(=NCC(CCO)CC(C)C)NCCc1c(C)noc1C.I. The molecule has 25 heavy (non-hydrogen) atoms. The second kappa shape index (κ2) is 13.4. The minimum atomic E-state index is 0. The van der Waals surface area contributed by atoms with Crippen molar-refractivity contribution in [1.29, 1.82) is 0 Å². The Morgan fingerprint density at radius 2 is 2.00 bits per heavy atom. The van der Waals surface area contributed by atoms with Crippen molar-refractivity contribution in [3.63, 3.8) is 0 Å². The Hall–Kier alpha value is -0.830. The van der Waals surface area contributed by atoms with Gasteiger partial charge >= 0.3 is 0 Å². The number of halogens is 1. The molecule has 0 saturated carbocycles. The van der Waals surface area contributed by atoms with Crippen LogP contribution in [0.4, 0.5) is 0 Å². The van der Waals surface area contributed by atoms with Gasteiger partial charge in [-0.15, -0.1) is 24.0 Å². The van der Waals surface area contributed by atoms with E-state index in [0.717, 1.165) is 61.9 Å². The van der Waals surface area contributed by atoms with Crippen molar-refractivity contribution in [2.75, 3.05) is 26.2 Å². The molecule has 0 radical (unpaired) electrons. The molecule has 1 aromatic rings. The van der Waals surface area contributed by atoms with Gasteiger partial charge in [0, 0.05) is 31.8 Å². The lowest BCUT2D eigenvalue weighted by atomic mass is 9.94. The number of aliphatic imine (C=N–C) groups is 1. The molecule has 3 N–H and O–H groups in total. The number of nitrogens with one attached hydrogen (secondary N) is 2. The van der Waals surface area contributed by atoms with E-state index < -0.39 is 0 Å². The van der Waals surface area contributed by atoms with E-state index in [1.54, 1.807) is 0 Å². The quantitative estimate of drug-likeness (QED) is 0.281. The topological polar surface area (TPSA) is 82.7 Å². The van der Waals surface area contributed by atoms with Crippen LogP contribution in [-0.4, -0.2) is 42.5 Å². The van der Waals surface area contributed by atoms with Gasteiger partial charge < -0.3 is 20.3 Å². The normalized spacial score (nSPS) is 12.8. The van der Waals surface area contributed by atoms with Crippen LogP contribution in [0.2, 0.25) is 0 Å². The highest BCUT2D eigenvalue weighted by Crippen LogP contribution is 2.15. The summed E-state index contributed by atoms with van der Waals surface area (Å²) in [5, 5.41) is 19.9. The molecule has 0 saturated heterocycles. The molecule has 6 nitrogen and oxygen atoms in total. The predicted octanol–water partition coefficient (Wildman–Crippen LogP) is 3.05. The van der Waals surface area contributed by atoms with Gasteiger partial charge in [-0.05, 0) is 51.9 Å². The molecule has 0 bridgehead atoms. The number of hydrogen-bond donors (Lipinski definition) is 3. The molecule has 1 unspecified atom stereocenters. The summed E-state index contributed by atoms with van der Waals surface area (Å²) in [6, 6.07) is 0. The molecular weight excluding hydrogens is 431 g/mol. The maximum absolute atomic E-state index is 9.22. The number of nitrogens with zero attached hydrogens (tertiary/aromatic N) is 2. The number of aliphatic hydroxyl groups excluding tert-OH is 1. The number of aryl methyl sites for hydroxylation is 2. The molecule has 1 atom stereocenters. The van der Waals surface area contributed by atoms with Crippen LogP contribution in [0.1, 0.15) is 50.6 Å². The summed E-state index contributed by atoms with van der Waals surface area (Å²) in [7, 11) is 0. The van der Waals surface area contributed by atoms with E-state index in [4.69, 9.17) is 9.52 Å². The number of aliphatic hydroxyl groups is 1. The molecule has 0 amide bonds. The van der Waals surface area contributed by atoms with Crippen LogP contribution < -0.4 is 10.6 Å². The average molecular weight is 466 g/mol. The molecule has 1 heterocycles. The van der Waals surface area contributed by atoms with E-state index >= 15 is 0 Å². The summed E-state index contributed by atoms with van der Waals surface area (Å²) < 4.78 is 5.20. The van der Waals surface area contributed by atoms with E-state index in [1.165, 1.54) is 0 Å². The maximum atomic E-state index is 9.22. The molecule has 0 aliphatic rings. The first-order valence-corrected chi connectivity index (χ1v) is 9.02. The Balaban J connectivity index is 0.00000576. The van der Waals surface area contributed by atoms with Crippen molar-refractivity contribution in [2.45, 2.75) is 53.9 Å². The van der Waals surface area contributed by atoms with E-state index in [2.05, 4.69) is 36.6 Å². The minimum Gasteiger partial charge on any atom is -0.396 e. The summed E-state index contributed by atoms with van der Waals surface area (Å²) in [5.74, 6) is 2.76. The summed E-state index contributed by atoms with van der Waals surface area (Å²) in [6.07, 6.45) is 2.75. The van der Waals surface area contributed by atoms with Gasteiger partial charge in [0.2, 0.25) is 0 Å². The molecule has 7 heteroatoms. The third-order valence-electron chi connectivity index (χ3n) is 4.04. The molecule has 0 fully saturated rings.